The highest BCUT2D eigenvalue weighted by atomic mass is 35.5. The molecule has 0 fully saturated rings. The summed E-state index contributed by atoms with van der Waals surface area (Å²) in [4.78, 5) is 16.2. The van der Waals surface area contributed by atoms with Crippen LogP contribution in [0.5, 0.6) is 5.75 Å². The smallest absolute Gasteiger partial charge is 0.231 e. The summed E-state index contributed by atoms with van der Waals surface area (Å²) in [7, 11) is 1.62. The number of methoxy groups -OCH3 is 1. The monoisotopic (exact) mass is 310 g/mol. The molecule has 106 valence electrons. The lowest BCUT2D eigenvalue weighted by molar-refractivity contribution is -0.115. The van der Waals surface area contributed by atoms with Crippen LogP contribution in [0, 0.1) is 6.92 Å². The van der Waals surface area contributed by atoms with Gasteiger partial charge in [-0.1, -0.05) is 0 Å². The van der Waals surface area contributed by atoms with Gasteiger partial charge in [0.05, 0.1) is 25.1 Å². The Morgan fingerprint density at radius 2 is 2.30 bits per heavy atom. The lowest BCUT2D eigenvalue weighted by atomic mass is 10.2. The highest BCUT2D eigenvalue weighted by Gasteiger charge is 2.09. The van der Waals surface area contributed by atoms with E-state index in [2.05, 4.69) is 10.3 Å². The van der Waals surface area contributed by atoms with Crippen LogP contribution in [0.3, 0.4) is 0 Å². The van der Waals surface area contributed by atoms with Crippen molar-refractivity contribution < 1.29 is 9.53 Å². The van der Waals surface area contributed by atoms with Crippen LogP contribution in [0.4, 0.5) is 5.69 Å². The molecule has 0 atom stereocenters. The molecule has 2 aromatic rings. The molecule has 0 unspecified atom stereocenters. The maximum atomic E-state index is 12.0. The van der Waals surface area contributed by atoms with Gasteiger partial charge in [-0.25, -0.2) is 4.98 Å². The summed E-state index contributed by atoms with van der Waals surface area (Å²) in [6.07, 6.45) is 0.257. The zero-order chi connectivity index (χ0) is 14.5. The molecule has 20 heavy (non-hydrogen) atoms. The third-order valence-corrected chi connectivity index (χ3v) is 3.93. The molecule has 1 aromatic heterocycles. The van der Waals surface area contributed by atoms with Gasteiger partial charge in [0.25, 0.3) is 0 Å². The van der Waals surface area contributed by atoms with E-state index in [9.17, 15) is 4.79 Å². The van der Waals surface area contributed by atoms with Gasteiger partial charge in [-0.2, -0.15) is 0 Å². The number of carbonyl (C=O) groups excluding carboxylic acids is 1. The normalized spacial score (nSPS) is 10.3. The number of hydrogen-bond donors (Lipinski definition) is 1. The first-order chi connectivity index (χ1) is 9.62. The van der Waals surface area contributed by atoms with Gasteiger partial charge < -0.3 is 10.1 Å². The van der Waals surface area contributed by atoms with Crippen LogP contribution in [0.2, 0.25) is 0 Å². The topological polar surface area (TPSA) is 51.2 Å². The second kappa shape index (κ2) is 6.72. The van der Waals surface area contributed by atoms with Crippen molar-refractivity contribution in [1.82, 2.24) is 4.98 Å². The molecular formula is C14H15ClN2O2S. The molecule has 0 aliphatic heterocycles. The van der Waals surface area contributed by atoms with Gasteiger partial charge in [-0.3, -0.25) is 4.79 Å². The standard InChI is InChI=1S/C14H15ClN2O2S/c1-9-5-11(19-2)3-4-12(9)17-13(18)6-14-16-10(7-15)8-20-14/h3-5,8H,6-7H2,1-2H3,(H,17,18). The number of nitrogens with one attached hydrogen (secondary N) is 1. The Bertz CT molecular complexity index is 613. The molecule has 1 amide bonds. The number of ether oxygens (including phenoxy) is 1. The Balaban J connectivity index is 2.00. The molecule has 0 aliphatic rings. The quantitative estimate of drug-likeness (QED) is 0.861. The maximum Gasteiger partial charge on any atom is 0.231 e. The number of thiazole rings is 1. The molecule has 1 N–H and O–H groups in total. The van der Waals surface area contributed by atoms with Crippen molar-refractivity contribution in [3.63, 3.8) is 0 Å². The summed E-state index contributed by atoms with van der Waals surface area (Å²) in [6.45, 7) is 1.92. The number of carbonyl (C=O) groups is 1. The Morgan fingerprint density at radius 1 is 1.50 bits per heavy atom. The number of aryl methyl sites for hydroxylation is 1. The first-order valence-electron chi connectivity index (χ1n) is 6.06. The second-order valence-corrected chi connectivity index (χ2v) is 5.48. The first-order valence-corrected chi connectivity index (χ1v) is 7.47. The van der Waals surface area contributed by atoms with Gasteiger partial charge >= 0.3 is 0 Å². The van der Waals surface area contributed by atoms with Crippen molar-refractivity contribution in [1.29, 1.82) is 0 Å². The minimum atomic E-state index is -0.0891. The highest BCUT2D eigenvalue weighted by molar-refractivity contribution is 7.09. The van der Waals surface area contributed by atoms with Crippen molar-refractivity contribution in [3.05, 3.63) is 39.8 Å². The van der Waals surface area contributed by atoms with Gasteiger partial charge in [0.1, 0.15) is 10.8 Å². The summed E-state index contributed by atoms with van der Waals surface area (Å²) in [6, 6.07) is 5.53. The molecule has 0 bridgehead atoms. The molecule has 0 saturated carbocycles. The number of benzene rings is 1. The van der Waals surface area contributed by atoms with Crippen molar-refractivity contribution in [2.24, 2.45) is 0 Å². The lowest BCUT2D eigenvalue weighted by Gasteiger charge is -2.09. The van der Waals surface area contributed by atoms with Gasteiger partial charge in [0.15, 0.2) is 0 Å². The summed E-state index contributed by atoms with van der Waals surface area (Å²) >= 11 is 7.13. The van der Waals surface area contributed by atoms with Crippen LogP contribution in [0.15, 0.2) is 23.6 Å². The Hall–Kier alpha value is -1.59. The van der Waals surface area contributed by atoms with Crippen LogP contribution >= 0.6 is 22.9 Å². The molecule has 0 spiro atoms. The predicted molar refractivity (Wildman–Crippen MR) is 81.7 cm³/mol. The van der Waals surface area contributed by atoms with Crippen molar-refractivity contribution in [3.8, 4) is 5.75 Å². The molecule has 6 heteroatoms. The Labute approximate surface area is 126 Å². The minimum absolute atomic E-state index is 0.0891. The number of hydrogen-bond acceptors (Lipinski definition) is 4. The van der Waals surface area contributed by atoms with Crippen LogP contribution in [0.1, 0.15) is 16.3 Å². The maximum absolute atomic E-state index is 12.0. The van der Waals surface area contributed by atoms with E-state index in [1.165, 1.54) is 11.3 Å². The number of aromatic nitrogens is 1. The fourth-order valence-corrected chi connectivity index (χ4v) is 2.75. The van der Waals surface area contributed by atoms with Gasteiger partial charge in [-0.15, -0.1) is 22.9 Å². The number of halogens is 1. The second-order valence-electron chi connectivity index (χ2n) is 4.27. The van der Waals surface area contributed by atoms with Crippen molar-refractivity contribution >= 4 is 34.5 Å². The Morgan fingerprint density at radius 3 is 2.90 bits per heavy atom. The average molecular weight is 311 g/mol. The van der Waals surface area contributed by atoms with E-state index in [-0.39, 0.29) is 12.3 Å². The van der Waals surface area contributed by atoms with Crippen LogP contribution in [0.25, 0.3) is 0 Å². The van der Waals surface area contributed by atoms with E-state index in [4.69, 9.17) is 16.3 Å². The largest absolute Gasteiger partial charge is 0.497 e. The van der Waals surface area contributed by atoms with Gasteiger partial charge in [0.2, 0.25) is 5.91 Å². The highest BCUT2D eigenvalue weighted by Crippen LogP contribution is 2.21. The first kappa shape index (κ1) is 14.8. The molecule has 0 radical (unpaired) electrons. The van der Waals surface area contributed by atoms with Gasteiger partial charge in [0, 0.05) is 11.1 Å². The number of amides is 1. The Kier molecular flexibility index (Phi) is 4.98. The zero-order valence-corrected chi connectivity index (χ0v) is 12.8. The summed E-state index contributed by atoms with van der Waals surface area (Å²) in [5, 5.41) is 5.51. The summed E-state index contributed by atoms with van der Waals surface area (Å²) in [5.74, 6) is 1.05. The van der Waals surface area contributed by atoms with E-state index in [1.807, 2.05) is 30.5 Å². The van der Waals surface area contributed by atoms with E-state index < -0.39 is 0 Å². The van der Waals surface area contributed by atoms with E-state index in [0.29, 0.717) is 5.88 Å². The lowest BCUT2D eigenvalue weighted by Crippen LogP contribution is -2.15. The van der Waals surface area contributed by atoms with Crippen molar-refractivity contribution in [2.45, 2.75) is 19.2 Å². The SMILES string of the molecule is COc1ccc(NC(=O)Cc2nc(CCl)cs2)c(C)c1. The van der Waals surface area contributed by atoms with E-state index in [1.54, 1.807) is 7.11 Å². The molecular weight excluding hydrogens is 296 g/mol. The van der Waals surface area contributed by atoms with E-state index >= 15 is 0 Å². The van der Waals surface area contributed by atoms with Crippen LogP contribution < -0.4 is 10.1 Å². The fraction of sp³-hybridized carbons (Fsp3) is 0.286. The molecule has 1 aromatic carbocycles. The van der Waals surface area contributed by atoms with Crippen molar-refractivity contribution in [2.75, 3.05) is 12.4 Å². The zero-order valence-electron chi connectivity index (χ0n) is 11.3. The molecule has 2 rings (SSSR count). The summed E-state index contributed by atoms with van der Waals surface area (Å²) in [5.41, 5.74) is 2.54. The third-order valence-electron chi connectivity index (χ3n) is 2.76. The van der Waals surface area contributed by atoms with E-state index in [0.717, 1.165) is 27.7 Å². The third kappa shape index (κ3) is 3.71. The minimum Gasteiger partial charge on any atom is -0.497 e. The number of nitrogens with zero attached hydrogens (tertiary/aromatic N) is 1. The van der Waals surface area contributed by atoms with Crippen LogP contribution in [-0.4, -0.2) is 18.0 Å². The van der Waals surface area contributed by atoms with Gasteiger partial charge in [-0.05, 0) is 30.7 Å². The average Bonchev–Trinajstić information content (AvgIpc) is 2.88. The fourth-order valence-electron chi connectivity index (χ4n) is 1.73. The molecule has 1 heterocycles. The summed E-state index contributed by atoms with van der Waals surface area (Å²) < 4.78 is 5.13. The number of rotatable bonds is 5. The predicted octanol–water partition coefficient (Wildman–Crippen LogP) is 3.38. The number of anilines is 1. The number of alkyl halides is 1. The molecule has 0 saturated heterocycles. The molecule has 4 nitrogen and oxygen atoms in total. The molecule has 0 aliphatic carbocycles. The van der Waals surface area contributed by atoms with Crippen LogP contribution in [-0.2, 0) is 17.1 Å².